The minimum absolute atomic E-state index is 0.345. The van der Waals surface area contributed by atoms with Crippen molar-refractivity contribution in [3.63, 3.8) is 0 Å². The fraction of sp³-hybridized carbons (Fsp3) is 0.222. The minimum atomic E-state index is -0.357. The van der Waals surface area contributed by atoms with Gasteiger partial charge >= 0.3 is 5.97 Å². The van der Waals surface area contributed by atoms with Crippen LogP contribution in [0.3, 0.4) is 0 Å². The summed E-state index contributed by atoms with van der Waals surface area (Å²) in [5.74, 6) is 1.13. The maximum atomic E-state index is 11.8. The van der Waals surface area contributed by atoms with Crippen LogP contribution in [0, 0.1) is 0 Å². The van der Waals surface area contributed by atoms with Crippen LogP contribution in [0.25, 0.3) is 21.7 Å². The standard InChI is InChI=1S/C18H15NO4/c1-2-21-18(20)13-7-12-4-3-11-8-15-16(23-6-5-22-15)9-14(11)17(12)19-10-13/h3-4,7-10H,2,5-6H2,1H3. The summed E-state index contributed by atoms with van der Waals surface area (Å²) in [6.07, 6.45) is 1.55. The number of carbonyl (C=O) groups is 1. The first kappa shape index (κ1) is 13.8. The highest BCUT2D eigenvalue weighted by atomic mass is 16.6. The van der Waals surface area contributed by atoms with Crippen LogP contribution in [0.15, 0.2) is 36.5 Å². The van der Waals surface area contributed by atoms with Crippen LogP contribution in [-0.4, -0.2) is 30.8 Å². The molecule has 0 saturated carbocycles. The molecule has 3 aromatic rings. The molecule has 23 heavy (non-hydrogen) atoms. The molecule has 1 aliphatic rings. The summed E-state index contributed by atoms with van der Waals surface area (Å²) >= 11 is 0. The number of hydrogen-bond acceptors (Lipinski definition) is 5. The van der Waals surface area contributed by atoms with E-state index in [1.165, 1.54) is 0 Å². The van der Waals surface area contributed by atoms with Crippen molar-refractivity contribution in [3.8, 4) is 11.5 Å². The normalized spacial score (nSPS) is 13.3. The number of esters is 1. The quantitative estimate of drug-likeness (QED) is 0.537. The van der Waals surface area contributed by atoms with Crippen LogP contribution in [0.4, 0.5) is 0 Å². The lowest BCUT2D eigenvalue weighted by molar-refractivity contribution is 0.0526. The number of nitrogens with zero attached hydrogens (tertiary/aromatic N) is 1. The molecular formula is C18H15NO4. The van der Waals surface area contributed by atoms with E-state index in [4.69, 9.17) is 14.2 Å². The third kappa shape index (κ3) is 2.34. The number of aromatic nitrogens is 1. The van der Waals surface area contributed by atoms with Gasteiger partial charge < -0.3 is 14.2 Å². The van der Waals surface area contributed by atoms with Crippen molar-refractivity contribution in [2.75, 3.05) is 19.8 Å². The topological polar surface area (TPSA) is 57.7 Å². The van der Waals surface area contributed by atoms with Crippen molar-refractivity contribution in [1.29, 1.82) is 0 Å². The molecule has 1 aromatic heterocycles. The van der Waals surface area contributed by atoms with E-state index in [0.717, 1.165) is 33.2 Å². The predicted molar refractivity (Wildman–Crippen MR) is 86.2 cm³/mol. The molecule has 0 aliphatic carbocycles. The van der Waals surface area contributed by atoms with Crippen molar-refractivity contribution in [1.82, 2.24) is 4.98 Å². The smallest absolute Gasteiger partial charge is 0.339 e. The highest BCUT2D eigenvalue weighted by Crippen LogP contribution is 2.36. The molecule has 4 rings (SSSR count). The molecule has 0 radical (unpaired) electrons. The van der Waals surface area contributed by atoms with E-state index >= 15 is 0 Å². The third-order valence-electron chi connectivity index (χ3n) is 3.84. The van der Waals surface area contributed by atoms with Gasteiger partial charge in [-0.3, -0.25) is 4.98 Å². The van der Waals surface area contributed by atoms with E-state index in [0.29, 0.717) is 25.4 Å². The Hall–Kier alpha value is -2.82. The Kier molecular flexibility index (Phi) is 3.26. The minimum Gasteiger partial charge on any atom is -0.486 e. The molecule has 0 fully saturated rings. The largest absolute Gasteiger partial charge is 0.486 e. The van der Waals surface area contributed by atoms with Gasteiger partial charge in [0.15, 0.2) is 11.5 Å². The van der Waals surface area contributed by atoms with E-state index in [-0.39, 0.29) is 5.97 Å². The van der Waals surface area contributed by atoms with Gasteiger partial charge in [0.25, 0.3) is 0 Å². The molecule has 116 valence electrons. The average Bonchev–Trinajstić information content (AvgIpc) is 2.59. The van der Waals surface area contributed by atoms with Gasteiger partial charge in [-0.1, -0.05) is 12.1 Å². The van der Waals surface area contributed by atoms with Gasteiger partial charge in [-0.05, 0) is 30.5 Å². The Bertz CT molecular complexity index is 920. The molecule has 2 aromatic carbocycles. The second-order valence-electron chi connectivity index (χ2n) is 5.30. The van der Waals surface area contributed by atoms with Gasteiger partial charge in [-0.15, -0.1) is 0 Å². The van der Waals surface area contributed by atoms with Gasteiger partial charge in [0.2, 0.25) is 0 Å². The van der Waals surface area contributed by atoms with Gasteiger partial charge in [0.1, 0.15) is 13.2 Å². The molecular weight excluding hydrogens is 294 g/mol. The fourth-order valence-corrected chi connectivity index (χ4v) is 2.79. The Labute approximate surface area is 132 Å². The summed E-state index contributed by atoms with van der Waals surface area (Å²) < 4.78 is 16.3. The zero-order valence-electron chi connectivity index (χ0n) is 12.7. The molecule has 2 heterocycles. The predicted octanol–water partition coefficient (Wildman–Crippen LogP) is 3.34. The van der Waals surface area contributed by atoms with E-state index in [9.17, 15) is 4.79 Å². The summed E-state index contributed by atoms with van der Waals surface area (Å²) in [5, 5.41) is 2.89. The molecule has 1 aliphatic heterocycles. The van der Waals surface area contributed by atoms with Crippen LogP contribution in [-0.2, 0) is 4.74 Å². The van der Waals surface area contributed by atoms with Crippen LogP contribution >= 0.6 is 0 Å². The molecule has 0 spiro atoms. The summed E-state index contributed by atoms with van der Waals surface area (Å²) in [5.41, 5.74) is 1.28. The van der Waals surface area contributed by atoms with E-state index < -0.39 is 0 Å². The zero-order chi connectivity index (χ0) is 15.8. The number of pyridine rings is 1. The molecule has 5 nitrogen and oxygen atoms in total. The monoisotopic (exact) mass is 309 g/mol. The van der Waals surface area contributed by atoms with Crippen molar-refractivity contribution in [2.24, 2.45) is 0 Å². The molecule has 0 N–H and O–H groups in total. The van der Waals surface area contributed by atoms with Gasteiger partial charge in [0, 0.05) is 17.0 Å². The summed E-state index contributed by atoms with van der Waals surface area (Å²) in [7, 11) is 0. The number of ether oxygens (including phenoxy) is 3. The molecule has 0 unspecified atom stereocenters. The molecule has 0 atom stereocenters. The SMILES string of the molecule is CCOC(=O)c1cnc2c(ccc3cc4c(cc32)OCCO4)c1. The second-order valence-corrected chi connectivity index (χ2v) is 5.30. The lowest BCUT2D eigenvalue weighted by Gasteiger charge is -2.19. The van der Waals surface area contributed by atoms with Crippen molar-refractivity contribution in [3.05, 3.63) is 42.1 Å². The summed E-state index contributed by atoms with van der Waals surface area (Å²) in [6.45, 7) is 3.24. The first-order chi connectivity index (χ1) is 11.3. The van der Waals surface area contributed by atoms with Crippen molar-refractivity contribution >= 4 is 27.6 Å². The first-order valence-corrected chi connectivity index (χ1v) is 7.55. The van der Waals surface area contributed by atoms with Gasteiger partial charge in [0.05, 0.1) is 17.7 Å². The van der Waals surface area contributed by atoms with E-state index in [1.807, 2.05) is 24.3 Å². The Morgan fingerprint density at radius 3 is 2.65 bits per heavy atom. The zero-order valence-corrected chi connectivity index (χ0v) is 12.7. The molecule has 0 amide bonds. The number of benzene rings is 2. The van der Waals surface area contributed by atoms with Gasteiger partial charge in [-0.2, -0.15) is 0 Å². The molecule has 0 bridgehead atoms. The molecule has 5 heteroatoms. The lowest BCUT2D eigenvalue weighted by Crippen LogP contribution is -2.15. The second kappa shape index (κ2) is 5.43. The maximum absolute atomic E-state index is 11.8. The number of rotatable bonds is 2. The third-order valence-corrected chi connectivity index (χ3v) is 3.84. The first-order valence-electron chi connectivity index (χ1n) is 7.55. The summed E-state index contributed by atoms with van der Waals surface area (Å²) in [4.78, 5) is 16.3. The van der Waals surface area contributed by atoms with Crippen LogP contribution < -0.4 is 9.47 Å². The maximum Gasteiger partial charge on any atom is 0.339 e. The number of hydrogen-bond donors (Lipinski definition) is 0. The van der Waals surface area contributed by atoms with Crippen LogP contribution in [0.5, 0.6) is 11.5 Å². The van der Waals surface area contributed by atoms with E-state index in [2.05, 4.69) is 4.98 Å². The highest BCUT2D eigenvalue weighted by molar-refractivity contribution is 6.07. The highest BCUT2D eigenvalue weighted by Gasteiger charge is 2.15. The van der Waals surface area contributed by atoms with Crippen LogP contribution in [0.1, 0.15) is 17.3 Å². The van der Waals surface area contributed by atoms with Crippen molar-refractivity contribution in [2.45, 2.75) is 6.92 Å². The number of carbonyl (C=O) groups excluding carboxylic acids is 1. The average molecular weight is 309 g/mol. The van der Waals surface area contributed by atoms with Crippen LogP contribution in [0.2, 0.25) is 0 Å². The van der Waals surface area contributed by atoms with Crippen molar-refractivity contribution < 1.29 is 19.0 Å². The Morgan fingerprint density at radius 2 is 1.87 bits per heavy atom. The lowest BCUT2D eigenvalue weighted by atomic mass is 10.0. The summed E-state index contributed by atoms with van der Waals surface area (Å²) in [6, 6.07) is 9.65. The Morgan fingerprint density at radius 1 is 1.13 bits per heavy atom. The molecule has 0 saturated heterocycles. The van der Waals surface area contributed by atoms with E-state index in [1.54, 1.807) is 19.2 Å². The van der Waals surface area contributed by atoms with Gasteiger partial charge in [-0.25, -0.2) is 4.79 Å². The Balaban J connectivity index is 1.89. The fourth-order valence-electron chi connectivity index (χ4n) is 2.79. The number of fused-ring (bicyclic) bond motifs is 4.